The lowest BCUT2D eigenvalue weighted by Gasteiger charge is -2.17. The number of hydrogen-bond acceptors (Lipinski definition) is 4. The maximum Gasteiger partial charge on any atom is 0.191 e. The van der Waals surface area contributed by atoms with Gasteiger partial charge in [-0.25, -0.2) is 4.99 Å². The molecule has 0 saturated carbocycles. The van der Waals surface area contributed by atoms with E-state index < -0.39 is 0 Å². The van der Waals surface area contributed by atoms with Crippen LogP contribution in [0.2, 0.25) is 0 Å². The molecule has 0 bridgehead atoms. The number of nitrogens with zero attached hydrogens (tertiary/aromatic N) is 1. The number of ether oxygens (including phenoxy) is 3. The average Bonchev–Trinajstić information content (AvgIpc) is 2.76. The lowest BCUT2D eigenvalue weighted by atomic mass is 10.2. The van der Waals surface area contributed by atoms with Crippen LogP contribution in [0, 0.1) is 5.92 Å². The van der Waals surface area contributed by atoms with E-state index in [-0.39, 0.29) is 0 Å². The van der Waals surface area contributed by atoms with Crippen LogP contribution in [0.5, 0.6) is 11.5 Å². The zero-order valence-electron chi connectivity index (χ0n) is 17.9. The van der Waals surface area contributed by atoms with Gasteiger partial charge in [0.1, 0.15) is 0 Å². The lowest BCUT2D eigenvalue weighted by molar-refractivity contribution is 0.0931. The number of nitrogens with one attached hydrogen (secondary N) is 2. The Balaban J connectivity index is 1.85. The molecule has 2 aromatic carbocycles. The van der Waals surface area contributed by atoms with Gasteiger partial charge >= 0.3 is 0 Å². The van der Waals surface area contributed by atoms with E-state index >= 15 is 0 Å². The van der Waals surface area contributed by atoms with Gasteiger partial charge in [0.15, 0.2) is 17.5 Å². The van der Waals surface area contributed by atoms with Gasteiger partial charge in [-0.2, -0.15) is 0 Å². The zero-order chi connectivity index (χ0) is 20.9. The van der Waals surface area contributed by atoms with Crippen LogP contribution < -0.4 is 20.1 Å². The molecule has 2 N–H and O–H groups in total. The summed E-state index contributed by atoms with van der Waals surface area (Å²) in [4.78, 5) is 4.69. The predicted molar refractivity (Wildman–Crippen MR) is 118 cm³/mol. The Morgan fingerprint density at radius 2 is 1.79 bits per heavy atom. The normalized spacial score (nSPS) is 12.3. The second-order valence-electron chi connectivity index (χ2n) is 6.83. The molecule has 0 fully saturated rings. The Labute approximate surface area is 174 Å². The third-order valence-electron chi connectivity index (χ3n) is 4.37. The second-order valence-corrected chi connectivity index (χ2v) is 6.83. The molecule has 2 rings (SSSR count). The minimum Gasteiger partial charge on any atom is -0.493 e. The molecule has 0 heterocycles. The van der Waals surface area contributed by atoms with Gasteiger partial charge in [0, 0.05) is 18.7 Å². The maximum atomic E-state index is 5.83. The summed E-state index contributed by atoms with van der Waals surface area (Å²) in [6, 6.07) is 16.0. The van der Waals surface area contributed by atoms with Crippen LogP contribution in [0.25, 0.3) is 0 Å². The first kappa shape index (κ1) is 22.6. The molecular formula is C23H33N3O3. The molecule has 6 nitrogen and oxygen atoms in total. The van der Waals surface area contributed by atoms with Crippen molar-refractivity contribution < 1.29 is 14.2 Å². The fourth-order valence-electron chi connectivity index (χ4n) is 2.87. The SMILES string of the molecule is CCNC(=NCc1cccc(OC)c1OC)NCC(C)COCc1ccccc1. The summed E-state index contributed by atoms with van der Waals surface area (Å²) in [6.07, 6.45) is 0. The van der Waals surface area contributed by atoms with E-state index in [1.807, 2.05) is 36.4 Å². The molecule has 1 atom stereocenters. The number of rotatable bonds is 11. The molecule has 0 aromatic heterocycles. The standard InChI is InChI=1S/C23H33N3O3/c1-5-24-23(26-15-20-12-9-13-21(27-3)22(20)28-4)25-14-18(2)16-29-17-19-10-7-6-8-11-19/h6-13,18H,5,14-17H2,1-4H3,(H2,24,25,26). The summed E-state index contributed by atoms with van der Waals surface area (Å²) in [5, 5.41) is 6.67. The van der Waals surface area contributed by atoms with Crippen molar-refractivity contribution in [1.82, 2.24) is 10.6 Å². The maximum absolute atomic E-state index is 5.83. The molecule has 0 aliphatic rings. The Morgan fingerprint density at radius 1 is 1.00 bits per heavy atom. The van der Waals surface area contributed by atoms with Crippen molar-refractivity contribution >= 4 is 5.96 Å². The molecular weight excluding hydrogens is 366 g/mol. The van der Waals surface area contributed by atoms with Crippen LogP contribution in [-0.2, 0) is 17.9 Å². The summed E-state index contributed by atoms with van der Waals surface area (Å²) in [5.41, 5.74) is 2.16. The molecule has 2 aromatic rings. The third-order valence-corrected chi connectivity index (χ3v) is 4.37. The van der Waals surface area contributed by atoms with Crippen LogP contribution in [0.4, 0.5) is 0 Å². The van der Waals surface area contributed by atoms with Crippen LogP contribution in [0.15, 0.2) is 53.5 Å². The minimum atomic E-state index is 0.355. The monoisotopic (exact) mass is 399 g/mol. The Hall–Kier alpha value is -2.73. The molecule has 6 heteroatoms. The molecule has 29 heavy (non-hydrogen) atoms. The number of methoxy groups -OCH3 is 2. The van der Waals surface area contributed by atoms with Crippen molar-refractivity contribution in [3.63, 3.8) is 0 Å². The number of aliphatic imine (C=N–C) groups is 1. The van der Waals surface area contributed by atoms with Gasteiger partial charge in [0.25, 0.3) is 0 Å². The van der Waals surface area contributed by atoms with Crippen molar-refractivity contribution in [3.05, 3.63) is 59.7 Å². The van der Waals surface area contributed by atoms with E-state index in [0.717, 1.165) is 30.4 Å². The molecule has 1 unspecified atom stereocenters. The van der Waals surface area contributed by atoms with Crippen LogP contribution in [0.3, 0.4) is 0 Å². The molecule has 0 aliphatic heterocycles. The van der Waals surface area contributed by atoms with Crippen LogP contribution >= 0.6 is 0 Å². The zero-order valence-corrected chi connectivity index (χ0v) is 17.9. The fraction of sp³-hybridized carbons (Fsp3) is 0.435. The highest BCUT2D eigenvalue weighted by Gasteiger charge is 2.10. The Kier molecular flexibility index (Phi) is 9.86. The number of para-hydroxylation sites is 1. The summed E-state index contributed by atoms with van der Waals surface area (Å²) in [6.45, 7) is 7.59. The first-order chi connectivity index (χ1) is 14.2. The number of hydrogen-bond donors (Lipinski definition) is 2. The smallest absolute Gasteiger partial charge is 0.191 e. The first-order valence-electron chi connectivity index (χ1n) is 10.0. The Bertz CT molecular complexity index is 750. The molecule has 0 aliphatic carbocycles. The van der Waals surface area contributed by atoms with Gasteiger partial charge in [-0.05, 0) is 24.5 Å². The van der Waals surface area contributed by atoms with Gasteiger partial charge in [-0.3, -0.25) is 0 Å². The van der Waals surface area contributed by atoms with E-state index in [1.165, 1.54) is 5.56 Å². The van der Waals surface area contributed by atoms with Gasteiger partial charge in [-0.15, -0.1) is 0 Å². The van der Waals surface area contributed by atoms with Crippen molar-refractivity contribution in [2.45, 2.75) is 27.0 Å². The van der Waals surface area contributed by atoms with E-state index in [2.05, 4.69) is 41.6 Å². The van der Waals surface area contributed by atoms with Crippen molar-refractivity contribution in [3.8, 4) is 11.5 Å². The quantitative estimate of drug-likeness (QED) is 0.446. The van der Waals surface area contributed by atoms with Gasteiger partial charge in [-0.1, -0.05) is 49.4 Å². The Morgan fingerprint density at radius 3 is 2.48 bits per heavy atom. The summed E-state index contributed by atoms with van der Waals surface area (Å²) < 4.78 is 16.7. The molecule has 0 spiro atoms. The van der Waals surface area contributed by atoms with Crippen LogP contribution in [0.1, 0.15) is 25.0 Å². The van der Waals surface area contributed by atoms with Crippen molar-refractivity contribution in [2.24, 2.45) is 10.9 Å². The topological polar surface area (TPSA) is 64.1 Å². The van der Waals surface area contributed by atoms with E-state index in [1.54, 1.807) is 14.2 Å². The molecule has 0 saturated heterocycles. The minimum absolute atomic E-state index is 0.355. The number of benzene rings is 2. The third kappa shape index (κ3) is 7.66. The molecule has 0 amide bonds. The largest absolute Gasteiger partial charge is 0.493 e. The molecule has 158 valence electrons. The highest BCUT2D eigenvalue weighted by molar-refractivity contribution is 5.79. The number of guanidine groups is 1. The van der Waals surface area contributed by atoms with Crippen LogP contribution in [-0.4, -0.2) is 39.9 Å². The van der Waals surface area contributed by atoms with Crippen molar-refractivity contribution in [1.29, 1.82) is 0 Å². The van der Waals surface area contributed by atoms with Gasteiger partial charge in [0.05, 0.1) is 34.0 Å². The average molecular weight is 400 g/mol. The van der Waals surface area contributed by atoms with Gasteiger partial charge in [0.2, 0.25) is 0 Å². The van der Waals surface area contributed by atoms with Crippen molar-refractivity contribution in [2.75, 3.05) is 33.9 Å². The summed E-state index contributed by atoms with van der Waals surface area (Å²) in [5.74, 6) is 2.56. The first-order valence-corrected chi connectivity index (χ1v) is 10.0. The summed E-state index contributed by atoms with van der Waals surface area (Å²) >= 11 is 0. The lowest BCUT2D eigenvalue weighted by Crippen LogP contribution is -2.40. The highest BCUT2D eigenvalue weighted by Crippen LogP contribution is 2.31. The van der Waals surface area contributed by atoms with Gasteiger partial charge < -0.3 is 24.8 Å². The predicted octanol–water partition coefficient (Wildman–Crippen LogP) is 3.61. The van der Waals surface area contributed by atoms with E-state index in [4.69, 9.17) is 14.2 Å². The highest BCUT2D eigenvalue weighted by atomic mass is 16.5. The second kappa shape index (κ2) is 12.7. The fourth-order valence-corrected chi connectivity index (χ4v) is 2.87. The summed E-state index contributed by atoms with van der Waals surface area (Å²) in [7, 11) is 3.28. The van der Waals surface area contributed by atoms with E-state index in [9.17, 15) is 0 Å². The van der Waals surface area contributed by atoms with E-state index in [0.29, 0.717) is 31.4 Å². The molecule has 0 radical (unpaired) electrons.